The summed E-state index contributed by atoms with van der Waals surface area (Å²) in [4.78, 5) is 38.5. The second kappa shape index (κ2) is 14.4. The average molecular weight is 655 g/mol. The fourth-order valence-electron chi connectivity index (χ4n) is 6.18. The first-order valence-electron chi connectivity index (χ1n) is 15.5. The second-order valence-corrected chi connectivity index (χ2v) is 11.2. The number of rotatable bonds is 13. The zero-order valence-corrected chi connectivity index (χ0v) is 26.4. The molecule has 3 atom stereocenters. The number of hydrogen-bond acceptors (Lipinski definition) is 10. The van der Waals surface area contributed by atoms with Gasteiger partial charge in [-0.05, 0) is 65.6 Å². The van der Waals surface area contributed by atoms with Crippen LogP contribution in [0.3, 0.4) is 0 Å². The quantitative estimate of drug-likeness (QED) is 0.136. The molecule has 0 radical (unpaired) electrons. The van der Waals surface area contributed by atoms with Gasteiger partial charge < -0.3 is 38.3 Å². The Morgan fingerprint density at radius 2 is 1.56 bits per heavy atom. The molecule has 1 heterocycles. The summed E-state index contributed by atoms with van der Waals surface area (Å²) in [7, 11) is 1.49. The molecule has 0 saturated carbocycles. The van der Waals surface area contributed by atoms with Crippen LogP contribution >= 0.6 is 0 Å². The second-order valence-electron chi connectivity index (χ2n) is 11.2. The van der Waals surface area contributed by atoms with Gasteiger partial charge in [-0.25, -0.2) is 9.59 Å². The van der Waals surface area contributed by atoms with Gasteiger partial charge in [0.15, 0.2) is 18.1 Å². The first-order valence-corrected chi connectivity index (χ1v) is 15.5. The van der Waals surface area contributed by atoms with Crippen LogP contribution in [0.25, 0.3) is 0 Å². The number of aliphatic carboxylic acids is 1. The van der Waals surface area contributed by atoms with Gasteiger partial charge in [-0.2, -0.15) is 0 Å². The highest BCUT2D eigenvalue weighted by atomic mass is 16.7. The Hall–Kier alpha value is -5.71. The largest absolute Gasteiger partial charge is 0.497 e. The molecular formula is C37H34O11. The Kier molecular flexibility index (Phi) is 9.65. The summed E-state index contributed by atoms with van der Waals surface area (Å²) in [6.45, 7) is 1.34. The molecule has 3 unspecified atom stereocenters. The summed E-state index contributed by atoms with van der Waals surface area (Å²) in [5.74, 6) is -2.23. The van der Waals surface area contributed by atoms with Gasteiger partial charge in [0.05, 0.1) is 25.2 Å². The number of ether oxygens (including phenoxy) is 7. The van der Waals surface area contributed by atoms with Crippen LogP contribution in [0.15, 0.2) is 84.9 Å². The van der Waals surface area contributed by atoms with E-state index in [-0.39, 0.29) is 12.5 Å². The summed E-state index contributed by atoms with van der Waals surface area (Å²) in [5, 5.41) is 9.46. The van der Waals surface area contributed by atoms with Crippen molar-refractivity contribution < 1.29 is 52.6 Å². The first-order chi connectivity index (χ1) is 23.4. The van der Waals surface area contributed by atoms with E-state index in [0.29, 0.717) is 40.7 Å². The van der Waals surface area contributed by atoms with Crippen LogP contribution in [-0.2, 0) is 19.1 Å². The predicted octanol–water partition coefficient (Wildman–Crippen LogP) is 5.93. The fraction of sp³-hybridized carbons (Fsp3) is 0.270. The molecule has 0 aromatic heterocycles. The minimum Gasteiger partial charge on any atom is -0.497 e. The van der Waals surface area contributed by atoms with E-state index in [0.717, 1.165) is 23.1 Å². The van der Waals surface area contributed by atoms with Crippen molar-refractivity contribution in [3.63, 3.8) is 0 Å². The highest BCUT2D eigenvalue weighted by Crippen LogP contribution is 2.56. The van der Waals surface area contributed by atoms with Gasteiger partial charge in [0.1, 0.15) is 17.2 Å². The number of carboxylic acids is 1. The number of methoxy groups -OCH3 is 1. The highest BCUT2D eigenvalue weighted by molar-refractivity contribution is 5.89. The molecule has 1 aliphatic carbocycles. The van der Waals surface area contributed by atoms with E-state index in [1.807, 2.05) is 37.3 Å². The van der Waals surface area contributed by atoms with Crippen LogP contribution in [0.1, 0.15) is 57.8 Å². The highest BCUT2D eigenvalue weighted by Gasteiger charge is 2.49. The minimum atomic E-state index is -1.17. The number of carboxylic acid groups (broad SMARTS) is 1. The van der Waals surface area contributed by atoms with E-state index in [4.69, 9.17) is 33.2 Å². The first kappa shape index (κ1) is 32.2. The van der Waals surface area contributed by atoms with Crippen molar-refractivity contribution in [3.8, 4) is 28.7 Å². The summed E-state index contributed by atoms with van der Waals surface area (Å²) in [5.41, 5.74) is 3.20. The Bertz CT molecular complexity index is 1800. The van der Waals surface area contributed by atoms with Crippen LogP contribution < -0.4 is 23.7 Å². The number of hydrogen-bond donors (Lipinski definition) is 1. The monoisotopic (exact) mass is 654 g/mol. The number of carbonyl (C=O) groups is 3. The summed E-state index contributed by atoms with van der Waals surface area (Å²) in [6, 6.07) is 24.6. The summed E-state index contributed by atoms with van der Waals surface area (Å²) in [6.07, 6.45) is 0.794. The number of benzene rings is 4. The Balaban J connectivity index is 1.45. The third-order valence-corrected chi connectivity index (χ3v) is 8.26. The van der Waals surface area contributed by atoms with Gasteiger partial charge in [-0.3, -0.25) is 4.79 Å². The zero-order valence-electron chi connectivity index (χ0n) is 26.4. The molecule has 11 heteroatoms. The fourth-order valence-corrected chi connectivity index (χ4v) is 6.18. The normalized spacial score (nSPS) is 17.2. The van der Waals surface area contributed by atoms with Crippen molar-refractivity contribution in [2.45, 2.75) is 25.2 Å². The topological polar surface area (TPSA) is 136 Å². The van der Waals surface area contributed by atoms with E-state index in [1.54, 1.807) is 54.6 Å². The molecule has 0 bridgehead atoms. The molecule has 4 aromatic carbocycles. The van der Waals surface area contributed by atoms with Crippen molar-refractivity contribution in [1.29, 1.82) is 0 Å². The molecule has 248 valence electrons. The number of esters is 2. The molecule has 1 aliphatic heterocycles. The minimum absolute atomic E-state index is 0.0785. The molecule has 0 fully saturated rings. The number of fused-ring (bicyclic) bond motifs is 2. The van der Waals surface area contributed by atoms with Crippen LogP contribution in [0.4, 0.5) is 0 Å². The van der Waals surface area contributed by atoms with E-state index < -0.39 is 49.1 Å². The third-order valence-electron chi connectivity index (χ3n) is 8.26. The van der Waals surface area contributed by atoms with Crippen molar-refractivity contribution in [2.75, 3.05) is 33.9 Å². The van der Waals surface area contributed by atoms with Gasteiger partial charge in [0.25, 0.3) is 0 Å². The van der Waals surface area contributed by atoms with Gasteiger partial charge in [0, 0.05) is 23.5 Å². The maximum atomic E-state index is 14.3. The molecule has 0 saturated heterocycles. The molecule has 2 aliphatic rings. The molecule has 11 nitrogen and oxygen atoms in total. The molecule has 4 aromatic rings. The molecule has 0 amide bonds. The Labute approximate surface area is 276 Å². The summed E-state index contributed by atoms with van der Waals surface area (Å²) < 4.78 is 39.4. The zero-order chi connectivity index (χ0) is 33.6. The van der Waals surface area contributed by atoms with Gasteiger partial charge in [-0.1, -0.05) is 43.3 Å². The van der Waals surface area contributed by atoms with Crippen molar-refractivity contribution in [1.82, 2.24) is 0 Å². The molecule has 48 heavy (non-hydrogen) atoms. The maximum absolute atomic E-state index is 14.3. The SMILES string of the molecule is CCCOc1ccc2c(c1)C(c1ccc(OC)cc1OCC(=O)O)C(C(=O)OCOC(=O)c1ccccc1)C2c1ccc2c(c1)OCO2. The molecule has 1 N–H and O–H groups in total. The Morgan fingerprint density at radius 3 is 2.33 bits per heavy atom. The molecule has 0 spiro atoms. The van der Waals surface area contributed by atoms with Crippen molar-refractivity contribution >= 4 is 17.9 Å². The maximum Gasteiger partial charge on any atom is 0.341 e. The van der Waals surface area contributed by atoms with Gasteiger partial charge in [-0.15, -0.1) is 0 Å². The smallest absolute Gasteiger partial charge is 0.341 e. The average Bonchev–Trinajstić information content (AvgIpc) is 3.72. The van der Waals surface area contributed by atoms with Crippen LogP contribution in [0.2, 0.25) is 0 Å². The van der Waals surface area contributed by atoms with Crippen LogP contribution in [0, 0.1) is 5.92 Å². The third kappa shape index (κ3) is 6.71. The summed E-state index contributed by atoms with van der Waals surface area (Å²) >= 11 is 0. The standard InChI is InChI=1S/C37H34O11/c1-3-15-43-25-11-12-26-28(17-25)34(27-13-10-24(42-2)18-30(27)44-19-32(38)39)35(33(26)23-9-14-29-31(16-23)46-20-45-29)37(41)48-21-47-36(40)22-7-5-4-6-8-22/h4-14,16-18,33-35H,3,15,19-21H2,1-2H3,(H,38,39). The molecular weight excluding hydrogens is 620 g/mol. The lowest BCUT2D eigenvalue weighted by Crippen LogP contribution is -2.28. The van der Waals surface area contributed by atoms with Crippen molar-refractivity contribution in [3.05, 3.63) is 113 Å². The van der Waals surface area contributed by atoms with E-state index in [9.17, 15) is 19.5 Å². The van der Waals surface area contributed by atoms with Crippen LogP contribution in [0.5, 0.6) is 28.7 Å². The lowest BCUT2D eigenvalue weighted by atomic mass is 9.79. The van der Waals surface area contributed by atoms with E-state index in [1.165, 1.54) is 7.11 Å². The Morgan fingerprint density at radius 1 is 0.792 bits per heavy atom. The van der Waals surface area contributed by atoms with Gasteiger partial charge in [0.2, 0.25) is 13.6 Å². The predicted molar refractivity (Wildman–Crippen MR) is 171 cm³/mol. The van der Waals surface area contributed by atoms with E-state index >= 15 is 0 Å². The molecule has 6 rings (SSSR count). The lowest BCUT2D eigenvalue weighted by Gasteiger charge is -2.26. The van der Waals surface area contributed by atoms with E-state index in [2.05, 4.69) is 0 Å². The lowest BCUT2D eigenvalue weighted by molar-refractivity contribution is -0.157. The number of carbonyl (C=O) groups excluding carboxylic acids is 2. The van der Waals surface area contributed by atoms with Crippen LogP contribution in [-0.4, -0.2) is 56.9 Å². The van der Waals surface area contributed by atoms with Crippen molar-refractivity contribution in [2.24, 2.45) is 5.92 Å². The van der Waals surface area contributed by atoms with Gasteiger partial charge >= 0.3 is 17.9 Å².